The lowest BCUT2D eigenvalue weighted by atomic mass is 10.1. The van der Waals surface area contributed by atoms with Gasteiger partial charge in [-0.3, -0.25) is 0 Å². The topological polar surface area (TPSA) is 0 Å². The molecule has 2 heteroatoms. The van der Waals surface area contributed by atoms with Gasteiger partial charge in [0.15, 0.2) is 0 Å². The molecule has 0 radical (unpaired) electrons. The van der Waals surface area contributed by atoms with Gasteiger partial charge in [-0.1, -0.05) is 29.8 Å². The van der Waals surface area contributed by atoms with Gasteiger partial charge in [-0.2, -0.15) is 0 Å². The molecule has 0 fully saturated rings. The maximum atomic E-state index is 6.56. The molecule has 1 aromatic heterocycles. The van der Waals surface area contributed by atoms with Gasteiger partial charge in [0.2, 0.25) is 0 Å². The lowest BCUT2D eigenvalue weighted by Gasteiger charge is -2.08. The van der Waals surface area contributed by atoms with Crippen LogP contribution in [0.25, 0.3) is 0 Å². The summed E-state index contributed by atoms with van der Waals surface area (Å²) < 4.78 is 0. The molecule has 0 bridgehead atoms. The first-order valence-corrected chi connectivity index (χ1v) is 7.79. The molecule has 0 N–H and O–H groups in total. The largest absolute Gasteiger partial charge is 0.144 e. The number of rotatable bonds is 3. The number of hydrogen-bond acceptors (Lipinski definition) is 1. The van der Waals surface area contributed by atoms with E-state index in [1.807, 2.05) is 11.3 Å². The quantitative estimate of drug-likeness (QED) is 0.687. The summed E-state index contributed by atoms with van der Waals surface area (Å²) in [5.74, 6) is 0. The van der Waals surface area contributed by atoms with Crippen molar-refractivity contribution in [3.05, 3.63) is 56.8 Å². The molecular weight excluding hydrogens is 260 g/mol. The highest BCUT2D eigenvalue weighted by atomic mass is 35.5. The van der Waals surface area contributed by atoms with E-state index >= 15 is 0 Å². The van der Waals surface area contributed by atoms with E-state index in [4.69, 9.17) is 11.6 Å². The van der Waals surface area contributed by atoms with E-state index in [2.05, 4.69) is 37.3 Å². The van der Waals surface area contributed by atoms with Gasteiger partial charge in [0, 0.05) is 9.75 Å². The van der Waals surface area contributed by atoms with E-state index in [0.717, 1.165) is 6.42 Å². The third kappa shape index (κ3) is 2.48. The molecule has 0 amide bonds. The molecule has 0 saturated heterocycles. The highest BCUT2D eigenvalue weighted by molar-refractivity contribution is 7.12. The molecule has 18 heavy (non-hydrogen) atoms. The summed E-state index contributed by atoms with van der Waals surface area (Å²) >= 11 is 8.48. The molecule has 2 aromatic rings. The Balaban J connectivity index is 1.74. The van der Waals surface area contributed by atoms with Crippen molar-refractivity contribution in [2.45, 2.75) is 38.0 Å². The third-order valence-corrected chi connectivity index (χ3v) is 5.48. The Hall–Kier alpha value is -0.790. The Morgan fingerprint density at radius 3 is 2.72 bits per heavy atom. The molecule has 1 heterocycles. The van der Waals surface area contributed by atoms with Crippen LogP contribution in [0.15, 0.2) is 30.3 Å². The third-order valence-electron chi connectivity index (χ3n) is 3.61. The molecule has 1 unspecified atom stereocenters. The van der Waals surface area contributed by atoms with E-state index < -0.39 is 0 Å². The average molecular weight is 277 g/mol. The molecule has 1 aliphatic carbocycles. The minimum Gasteiger partial charge on any atom is -0.144 e. The minimum atomic E-state index is 0.128. The fourth-order valence-corrected chi connectivity index (χ4v) is 4.15. The van der Waals surface area contributed by atoms with Crippen molar-refractivity contribution in [3.8, 4) is 0 Å². The van der Waals surface area contributed by atoms with Gasteiger partial charge in [0.1, 0.15) is 0 Å². The predicted octanol–water partition coefficient (Wildman–Crippen LogP) is 5.07. The summed E-state index contributed by atoms with van der Waals surface area (Å²) in [5, 5.41) is 0.128. The molecule has 0 aliphatic heterocycles. The summed E-state index contributed by atoms with van der Waals surface area (Å²) in [4.78, 5) is 2.92. The first-order valence-electron chi connectivity index (χ1n) is 6.53. The van der Waals surface area contributed by atoms with E-state index in [0.29, 0.717) is 0 Å². The molecule has 94 valence electrons. The van der Waals surface area contributed by atoms with Gasteiger partial charge in [0.05, 0.1) is 5.38 Å². The van der Waals surface area contributed by atoms with Crippen molar-refractivity contribution in [3.63, 3.8) is 0 Å². The SMILES string of the molecule is Cc1ccc(CC(Cl)c2cc3c(s2)CCC3)cc1. The molecule has 1 atom stereocenters. The van der Waals surface area contributed by atoms with Crippen LogP contribution in [-0.2, 0) is 19.3 Å². The smallest absolute Gasteiger partial charge is 0.0719 e. The monoisotopic (exact) mass is 276 g/mol. The number of fused-ring (bicyclic) bond motifs is 1. The summed E-state index contributed by atoms with van der Waals surface area (Å²) in [6.07, 6.45) is 4.77. The molecule has 1 aromatic carbocycles. The van der Waals surface area contributed by atoms with Crippen molar-refractivity contribution in [2.24, 2.45) is 0 Å². The van der Waals surface area contributed by atoms with Gasteiger partial charge >= 0.3 is 0 Å². The Morgan fingerprint density at radius 2 is 2.00 bits per heavy atom. The summed E-state index contributed by atoms with van der Waals surface area (Å²) in [6, 6.07) is 11.0. The second-order valence-corrected chi connectivity index (χ2v) is 6.80. The molecule has 0 spiro atoms. The van der Waals surface area contributed by atoms with E-state index in [1.54, 1.807) is 10.4 Å². The summed E-state index contributed by atoms with van der Waals surface area (Å²) in [5.41, 5.74) is 4.18. The normalized spacial score (nSPS) is 15.7. The molecular formula is C16H17ClS. The lowest BCUT2D eigenvalue weighted by Crippen LogP contribution is -1.93. The van der Waals surface area contributed by atoms with Crippen LogP contribution in [-0.4, -0.2) is 0 Å². The second-order valence-electron chi connectivity index (χ2n) is 5.11. The van der Waals surface area contributed by atoms with Crippen LogP contribution >= 0.6 is 22.9 Å². The number of aryl methyl sites for hydroxylation is 3. The summed E-state index contributed by atoms with van der Waals surface area (Å²) in [7, 11) is 0. The van der Waals surface area contributed by atoms with Gasteiger partial charge in [0.25, 0.3) is 0 Å². The van der Waals surface area contributed by atoms with E-state index in [1.165, 1.54) is 35.3 Å². The number of benzene rings is 1. The standard InChI is InChI=1S/C16H17ClS/c1-11-5-7-12(8-6-11)9-14(17)16-10-13-3-2-4-15(13)18-16/h5-8,10,14H,2-4,9H2,1H3. The van der Waals surface area contributed by atoms with Crippen molar-refractivity contribution in [2.75, 3.05) is 0 Å². The van der Waals surface area contributed by atoms with Gasteiger partial charge in [-0.25, -0.2) is 0 Å². The van der Waals surface area contributed by atoms with Crippen LogP contribution in [0.3, 0.4) is 0 Å². The minimum absolute atomic E-state index is 0.128. The van der Waals surface area contributed by atoms with E-state index in [-0.39, 0.29) is 5.38 Å². The zero-order chi connectivity index (χ0) is 12.5. The first kappa shape index (κ1) is 12.3. The van der Waals surface area contributed by atoms with Gasteiger partial charge < -0.3 is 0 Å². The Morgan fingerprint density at radius 1 is 1.22 bits per heavy atom. The molecule has 3 rings (SSSR count). The van der Waals surface area contributed by atoms with Crippen LogP contribution in [0.5, 0.6) is 0 Å². The van der Waals surface area contributed by atoms with Crippen LogP contribution < -0.4 is 0 Å². The number of hydrogen-bond donors (Lipinski definition) is 0. The lowest BCUT2D eigenvalue weighted by molar-refractivity contribution is 0.905. The number of halogens is 1. The van der Waals surface area contributed by atoms with Crippen molar-refractivity contribution < 1.29 is 0 Å². The van der Waals surface area contributed by atoms with Gasteiger partial charge in [-0.15, -0.1) is 22.9 Å². The van der Waals surface area contributed by atoms with Gasteiger partial charge in [-0.05, 0) is 49.8 Å². The fourth-order valence-electron chi connectivity index (χ4n) is 2.54. The Kier molecular flexibility index (Phi) is 3.45. The first-order chi connectivity index (χ1) is 8.72. The Bertz CT molecular complexity index is 517. The zero-order valence-corrected chi connectivity index (χ0v) is 12.2. The highest BCUT2D eigenvalue weighted by Crippen LogP contribution is 2.37. The van der Waals surface area contributed by atoms with Crippen molar-refractivity contribution in [1.29, 1.82) is 0 Å². The molecule has 1 aliphatic rings. The number of thiophene rings is 1. The van der Waals surface area contributed by atoms with Crippen LogP contribution in [0.1, 0.15) is 38.2 Å². The van der Waals surface area contributed by atoms with Crippen LogP contribution in [0.2, 0.25) is 0 Å². The number of alkyl halides is 1. The predicted molar refractivity (Wildman–Crippen MR) is 79.8 cm³/mol. The average Bonchev–Trinajstić information content (AvgIpc) is 2.92. The molecule has 0 saturated carbocycles. The van der Waals surface area contributed by atoms with Crippen molar-refractivity contribution in [1.82, 2.24) is 0 Å². The van der Waals surface area contributed by atoms with Crippen LogP contribution in [0, 0.1) is 6.92 Å². The van der Waals surface area contributed by atoms with Crippen LogP contribution in [0.4, 0.5) is 0 Å². The fraction of sp³-hybridized carbons (Fsp3) is 0.375. The Labute approximate surface area is 118 Å². The highest BCUT2D eigenvalue weighted by Gasteiger charge is 2.19. The zero-order valence-electron chi connectivity index (χ0n) is 10.6. The van der Waals surface area contributed by atoms with Crippen molar-refractivity contribution >= 4 is 22.9 Å². The summed E-state index contributed by atoms with van der Waals surface area (Å²) in [6.45, 7) is 2.12. The molecule has 0 nitrogen and oxygen atoms in total. The maximum absolute atomic E-state index is 6.56. The second kappa shape index (κ2) is 5.07. The van der Waals surface area contributed by atoms with E-state index in [9.17, 15) is 0 Å². The maximum Gasteiger partial charge on any atom is 0.0719 e.